The fourth-order valence-electron chi connectivity index (χ4n) is 2.00. The van der Waals surface area contributed by atoms with E-state index in [-0.39, 0.29) is 0 Å². The van der Waals surface area contributed by atoms with Crippen molar-refractivity contribution in [2.24, 2.45) is 0 Å². The highest BCUT2D eigenvalue weighted by Gasteiger charge is 2.44. The van der Waals surface area contributed by atoms with Crippen LogP contribution >= 0.6 is 47.0 Å². The molecule has 0 aliphatic carbocycles. The molecular formula is C11H20S4Si. The molecule has 2 aliphatic heterocycles. The standard InChI is InChI=1S/C11H20S4Si/c1-3-16(2,10-12-6-4-7-13-10)11-14-8-5-9-15-11/h3,10-11H,1,4-9H2,2H3. The summed E-state index contributed by atoms with van der Waals surface area (Å²) in [6.45, 7) is 6.75. The molecule has 0 aromatic rings. The summed E-state index contributed by atoms with van der Waals surface area (Å²) in [5, 5.41) is 0. The normalized spacial score (nSPS) is 25.6. The minimum atomic E-state index is -1.31. The van der Waals surface area contributed by atoms with Crippen molar-refractivity contribution in [3.63, 3.8) is 0 Å². The number of hydrogen-bond acceptors (Lipinski definition) is 4. The highest BCUT2D eigenvalue weighted by Crippen LogP contribution is 2.46. The Morgan fingerprint density at radius 2 is 1.31 bits per heavy atom. The molecule has 2 heterocycles. The van der Waals surface area contributed by atoms with Crippen LogP contribution in [0.4, 0.5) is 0 Å². The Balaban J connectivity index is 2.06. The molecule has 5 heteroatoms. The van der Waals surface area contributed by atoms with Crippen molar-refractivity contribution >= 4 is 55.1 Å². The van der Waals surface area contributed by atoms with Crippen molar-refractivity contribution in [1.29, 1.82) is 0 Å². The molecule has 0 aromatic heterocycles. The van der Waals surface area contributed by atoms with Crippen LogP contribution in [0, 0.1) is 0 Å². The van der Waals surface area contributed by atoms with Crippen LogP contribution in [0.25, 0.3) is 0 Å². The summed E-state index contributed by atoms with van der Waals surface area (Å²) in [6, 6.07) is 0. The van der Waals surface area contributed by atoms with Gasteiger partial charge in [-0.25, -0.2) is 0 Å². The van der Waals surface area contributed by atoms with Gasteiger partial charge in [-0.3, -0.25) is 0 Å². The molecule has 2 saturated heterocycles. The van der Waals surface area contributed by atoms with E-state index in [2.05, 4.69) is 65.9 Å². The van der Waals surface area contributed by atoms with E-state index in [1.165, 1.54) is 35.9 Å². The molecule has 92 valence electrons. The first-order chi connectivity index (χ1) is 7.77. The van der Waals surface area contributed by atoms with Crippen molar-refractivity contribution < 1.29 is 0 Å². The van der Waals surface area contributed by atoms with Crippen molar-refractivity contribution in [1.82, 2.24) is 0 Å². The van der Waals surface area contributed by atoms with Crippen LogP contribution in [0.1, 0.15) is 12.8 Å². The molecule has 0 aromatic carbocycles. The molecule has 0 bridgehead atoms. The monoisotopic (exact) mass is 308 g/mol. The molecule has 0 nitrogen and oxygen atoms in total. The zero-order valence-electron chi connectivity index (χ0n) is 9.81. The summed E-state index contributed by atoms with van der Waals surface area (Å²) >= 11 is 8.86. The molecule has 0 N–H and O–H groups in total. The van der Waals surface area contributed by atoms with Crippen LogP contribution in [-0.4, -0.2) is 39.5 Å². The van der Waals surface area contributed by atoms with Crippen molar-refractivity contribution in [2.75, 3.05) is 23.0 Å². The molecule has 0 atom stereocenters. The van der Waals surface area contributed by atoms with Gasteiger partial charge >= 0.3 is 0 Å². The number of thioether (sulfide) groups is 4. The molecule has 0 amide bonds. The lowest BCUT2D eigenvalue weighted by atomic mass is 10.6. The highest BCUT2D eigenvalue weighted by atomic mass is 32.2. The molecule has 0 unspecified atom stereocenters. The predicted octanol–water partition coefficient (Wildman–Crippen LogP) is 4.26. The maximum Gasteiger partial charge on any atom is 0.125 e. The van der Waals surface area contributed by atoms with Crippen LogP contribution in [0.2, 0.25) is 6.55 Å². The van der Waals surface area contributed by atoms with Crippen LogP contribution < -0.4 is 0 Å². The average Bonchev–Trinajstić information content (AvgIpc) is 2.40. The summed E-state index contributed by atoms with van der Waals surface area (Å²) < 4.78 is 1.73. The lowest BCUT2D eigenvalue weighted by molar-refractivity contribution is 1.11. The van der Waals surface area contributed by atoms with Gasteiger partial charge in [-0.15, -0.1) is 6.58 Å². The summed E-state index contributed by atoms with van der Waals surface area (Å²) in [5.41, 5.74) is 2.37. The first kappa shape index (κ1) is 13.8. The number of rotatable bonds is 3. The molecular weight excluding hydrogens is 288 g/mol. The van der Waals surface area contributed by atoms with E-state index >= 15 is 0 Å². The summed E-state index contributed by atoms with van der Waals surface area (Å²) in [5.74, 6) is 5.48. The highest BCUT2D eigenvalue weighted by molar-refractivity contribution is 8.23. The quantitative estimate of drug-likeness (QED) is 0.714. The number of hydrogen-bond donors (Lipinski definition) is 0. The molecule has 16 heavy (non-hydrogen) atoms. The maximum atomic E-state index is 4.19. The zero-order valence-corrected chi connectivity index (χ0v) is 14.1. The molecule has 0 saturated carbocycles. The SMILES string of the molecule is C=C[Si](C)(C1SCCCS1)C1SCCCS1. The van der Waals surface area contributed by atoms with Gasteiger partial charge in [-0.2, -0.15) is 47.0 Å². The van der Waals surface area contributed by atoms with Gasteiger partial charge in [0, 0.05) is 8.41 Å². The lowest BCUT2D eigenvalue weighted by Gasteiger charge is -2.41. The van der Waals surface area contributed by atoms with Crippen LogP contribution in [0.15, 0.2) is 12.3 Å². The molecule has 0 spiro atoms. The van der Waals surface area contributed by atoms with Crippen LogP contribution in [-0.2, 0) is 0 Å². The second-order valence-corrected chi connectivity index (χ2v) is 15.8. The fraction of sp³-hybridized carbons (Fsp3) is 0.818. The van der Waals surface area contributed by atoms with Gasteiger partial charge in [0.1, 0.15) is 8.07 Å². The first-order valence-electron chi connectivity index (χ1n) is 5.87. The van der Waals surface area contributed by atoms with Crippen LogP contribution in [0.5, 0.6) is 0 Å². The predicted molar refractivity (Wildman–Crippen MR) is 88.5 cm³/mol. The fourth-order valence-corrected chi connectivity index (χ4v) is 18.0. The van der Waals surface area contributed by atoms with E-state index in [1.54, 1.807) is 0 Å². The maximum absolute atomic E-state index is 4.19. The third-order valence-corrected chi connectivity index (χ3v) is 19.1. The Morgan fingerprint density at radius 1 is 0.938 bits per heavy atom. The lowest BCUT2D eigenvalue weighted by Crippen LogP contribution is -2.50. The first-order valence-corrected chi connectivity index (χ1v) is 12.8. The van der Waals surface area contributed by atoms with E-state index in [0.29, 0.717) is 0 Å². The van der Waals surface area contributed by atoms with E-state index in [4.69, 9.17) is 0 Å². The van der Waals surface area contributed by atoms with E-state index in [1.807, 2.05) is 0 Å². The van der Waals surface area contributed by atoms with E-state index in [0.717, 1.165) is 8.41 Å². The second kappa shape index (κ2) is 6.50. The van der Waals surface area contributed by atoms with Gasteiger partial charge in [0.2, 0.25) is 0 Å². The van der Waals surface area contributed by atoms with Crippen molar-refractivity contribution in [2.45, 2.75) is 27.8 Å². The van der Waals surface area contributed by atoms with E-state index < -0.39 is 8.07 Å². The van der Waals surface area contributed by atoms with Gasteiger partial charge in [0.15, 0.2) is 0 Å². The van der Waals surface area contributed by atoms with Gasteiger partial charge in [-0.1, -0.05) is 12.2 Å². The second-order valence-electron chi connectivity index (χ2n) is 4.42. The van der Waals surface area contributed by atoms with Crippen molar-refractivity contribution in [3.05, 3.63) is 12.3 Å². The Bertz CT molecular complexity index is 216. The summed E-state index contributed by atoms with van der Waals surface area (Å²) in [6.07, 6.45) is 2.80. The average molecular weight is 309 g/mol. The van der Waals surface area contributed by atoms with Gasteiger partial charge < -0.3 is 0 Å². The minimum absolute atomic E-state index is 0.863. The van der Waals surface area contributed by atoms with Gasteiger partial charge in [-0.05, 0) is 35.9 Å². The van der Waals surface area contributed by atoms with Gasteiger partial charge in [0.05, 0.1) is 0 Å². The largest absolute Gasteiger partial charge is 0.151 e. The molecule has 2 fully saturated rings. The van der Waals surface area contributed by atoms with Gasteiger partial charge in [0.25, 0.3) is 0 Å². The third kappa shape index (κ3) is 3.02. The molecule has 2 aliphatic rings. The Labute approximate surface area is 118 Å². The third-order valence-electron chi connectivity index (χ3n) is 3.11. The van der Waals surface area contributed by atoms with Crippen molar-refractivity contribution in [3.8, 4) is 0 Å². The zero-order chi connectivity index (χ0) is 11.4. The summed E-state index contributed by atoms with van der Waals surface area (Å²) in [7, 11) is -1.31. The Hall–Kier alpha value is 1.36. The Morgan fingerprint density at radius 3 is 1.62 bits per heavy atom. The van der Waals surface area contributed by atoms with Crippen LogP contribution in [0.3, 0.4) is 0 Å². The topological polar surface area (TPSA) is 0 Å². The smallest absolute Gasteiger partial charge is 0.125 e. The summed E-state index contributed by atoms with van der Waals surface area (Å²) in [4.78, 5) is 0. The minimum Gasteiger partial charge on any atom is -0.151 e. The Kier molecular flexibility index (Phi) is 5.60. The molecule has 2 rings (SSSR count). The van der Waals surface area contributed by atoms with E-state index in [9.17, 15) is 0 Å². The molecule has 0 radical (unpaired) electrons.